The highest BCUT2D eigenvalue weighted by atomic mass is 35.5. The summed E-state index contributed by atoms with van der Waals surface area (Å²) < 4.78 is 2.62. The zero-order chi connectivity index (χ0) is 19.0. The largest absolute Gasteiger partial charge is 0.280 e. The van der Waals surface area contributed by atoms with Crippen molar-refractivity contribution in [3.8, 4) is 0 Å². The number of halogens is 1. The van der Waals surface area contributed by atoms with E-state index in [1.54, 1.807) is 34.1 Å². The number of thiazole rings is 1. The molecule has 0 unspecified atom stereocenters. The van der Waals surface area contributed by atoms with Gasteiger partial charge in [-0.15, -0.1) is 0 Å². The molecule has 27 heavy (non-hydrogen) atoms. The summed E-state index contributed by atoms with van der Waals surface area (Å²) in [6, 6.07) is 11.1. The SMILES string of the molecule is Cc1cc(C(=O)N(Cc2cccnc2)c2nc3ccc(Cl)cc3s2)nn1C. The van der Waals surface area contributed by atoms with Crippen molar-refractivity contribution in [1.29, 1.82) is 0 Å². The Morgan fingerprint density at radius 2 is 2.15 bits per heavy atom. The monoisotopic (exact) mass is 397 g/mol. The van der Waals surface area contributed by atoms with Crippen LogP contribution in [0.1, 0.15) is 21.7 Å². The summed E-state index contributed by atoms with van der Waals surface area (Å²) in [5.74, 6) is -0.201. The maximum Gasteiger partial charge on any atom is 0.280 e. The van der Waals surface area contributed by atoms with Gasteiger partial charge >= 0.3 is 0 Å². The second kappa shape index (κ2) is 7.09. The lowest BCUT2D eigenvalue weighted by Gasteiger charge is -2.18. The molecule has 0 aliphatic rings. The van der Waals surface area contributed by atoms with Gasteiger partial charge in [0.25, 0.3) is 5.91 Å². The van der Waals surface area contributed by atoms with Gasteiger partial charge in [0.15, 0.2) is 10.8 Å². The van der Waals surface area contributed by atoms with Crippen molar-refractivity contribution < 1.29 is 4.79 Å². The van der Waals surface area contributed by atoms with Crippen LogP contribution in [0.4, 0.5) is 5.13 Å². The van der Waals surface area contributed by atoms with E-state index in [2.05, 4.69) is 15.1 Å². The van der Waals surface area contributed by atoms with Crippen LogP contribution in [-0.2, 0) is 13.6 Å². The van der Waals surface area contributed by atoms with Crippen LogP contribution in [0.2, 0.25) is 5.02 Å². The number of rotatable bonds is 4. The molecule has 0 fully saturated rings. The van der Waals surface area contributed by atoms with Gasteiger partial charge in [0, 0.05) is 30.2 Å². The van der Waals surface area contributed by atoms with E-state index in [1.165, 1.54) is 11.3 Å². The van der Waals surface area contributed by atoms with Crippen LogP contribution in [-0.4, -0.2) is 25.7 Å². The van der Waals surface area contributed by atoms with Gasteiger partial charge in [0.2, 0.25) is 0 Å². The van der Waals surface area contributed by atoms with E-state index in [4.69, 9.17) is 11.6 Å². The molecule has 4 rings (SSSR count). The molecule has 8 heteroatoms. The fourth-order valence-electron chi connectivity index (χ4n) is 2.71. The second-order valence-electron chi connectivity index (χ2n) is 6.16. The van der Waals surface area contributed by atoms with E-state index in [0.29, 0.717) is 22.4 Å². The highest BCUT2D eigenvalue weighted by molar-refractivity contribution is 7.22. The van der Waals surface area contributed by atoms with E-state index in [0.717, 1.165) is 21.5 Å². The molecule has 0 bridgehead atoms. The fraction of sp³-hybridized carbons (Fsp3) is 0.158. The summed E-state index contributed by atoms with van der Waals surface area (Å²) >= 11 is 7.52. The number of aryl methyl sites for hydroxylation is 2. The predicted octanol–water partition coefficient (Wildman–Crippen LogP) is 4.23. The normalized spacial score (nSPS) is 11.1. The molecule has 0 aliphatic carbocycles. The molecule has 0 N–H and O–H groups in total. The first-order valence-corrected chi connectivity index (χ1v) is 9.48. The molecule has 3 aromatic heterocycles. The molecule has 3 heterocycles. The molecule has 0 saturated heterocycles. The molecular weight excluding hydrogens is 382 g/mol. The second-order valence-corrected chi connectivity index (χ2v) is 7.60. The van der Waals surface area contributed by atoms with E-state index in [-0.39, 0.29) is 5.91 Å². The molecule has 1 amide bonds. The third-order valence-electron chi connectivity index (χ3n) is 4.21. The van der Waals surface area contributed by atoms with Crippen molar-refractivity contribution in [2.24, 2.45) is 7.05 Å². The van der Waals surface area contributed by atoms with Crippen molar-refractivity contribution in [1.82, 2.24) is 19.7 Å². The van der Waals surface area contributed by atoms with Crippen LogP contribution in [0.3, 0.4) is 0 Å². The van der Waals surface area contributed by atoms with Crippen molar-refractivity contribution >= 4 is 44.2 Å². The third kappa shape index (κ3) is 3.56. The number of nitrogens with zero attached hydrogens (tertiary/aromatic N) is 5. The van der Waals surface area contributed by atoms with Gasteiger partial charge in [-0.2, -0.15) is 5.10 Å². The first kappa shape index (κ1) is 17.6. The van der Waals surface area contributed by atoms with Crippen molar-refractivity contribution in [3.63, 3.8) is 0 Å². The zero-order valence-corrected chi connectivity index (χ0v) is 16.3. The first-order valence-electron chi connectivity index (χ1n) is 8.29. The summed E-state index contributed by atoms with van der Waals surface area (Å²) in [5, 5.41) is 5.57. The first-order chi connectivity index (χ1) is 13.0. The van der Waals surface area contributed by atoms with Crippen molar-refractivity contribution in [3.05, 3.63) is 70.8 Å². The molecule has 0 atom stereocenters. The quantitative estimate of drug-likeness (QED) is 0.516. The number of carbonyl (C=O) groups is 1. The maximum atomic E-state index is 13.2. The smallest absolute Gasteiger partial charge is 0.278 e. The Morgan fingerprint density at radius 1 is 1.30 bits per heavy atom. The van der Waals surface area contributed by atoms with Gasteiger partial charge in [0.05, 0.1) is 16.8 Å². The topological polar surface area (TPSA) is 63.9 Å². The Balaban J connectivity index is 1.77. The lowest BCUT2D eigenvalue weighted by atomic mass is 10.2. The van der Waals surface area contributed by atoms with Crippen molar-refractivity contribution in [2.45, 2.75) is 13.5 Å². The fourth-order valence-corrected chi connectivity index (χ4v) is 3.94. The van der Waals surface area contributed by atoms with Gasteiger partial charge in [-0.1, -0.05) is 29.0 Å². The number of carbonyl (C=O) groups excluding carboxylic acids is 1. The van der Waals surface area contributed by atoms with Crippen LogP contribution in [0.25, 0.3) is 10.2 Å². The van der Waals surface area contributed by atoms with E-state index < -0.39 is 0 Å². The zero-order valence-electron chi connectivity index (χ0n) is 14.8. The molecule has 0 radical (unpaired) electrons. The van der Waals surface area contributed by atoms with Crippen LogP contribution in [0, 0.1) is 6.92 Å². The Bertz CT molecular complexity index is 1100. The number of anilines is 1. The lowest BCUT2D eigenvalue weighted by Crippen LogP contribution is -2.30. The van der Waals surface area contributed by atoms with Crippen LogP contribution in [0.5, 0.6) is 0 Å². The number of hydrogen-bond acceptors (Lipinski definition) is 5. The van der Waals surface area contributed by atoms with Gasteiger partial charge in [-0.05, 0) is 42.8 Å². The molecule has 0 spiro atoms. The van der Waals surface area contributed by atoms with Crippen LogP contribution in [0.15, 0.2) is 48.8 Å². The average molecular weight is 398 g/mol. The van der Waals surface area contributed by atoms with Gasteiger partial charge in [-0.25, -0.2) is 4.98 Å². The predicted molar refractivity (Wildman–Crippen MR) is 107 cm³/mol. The Morgan fingerprint density at radius 3 is 2.85 bits per heavy atom. The molecule has 4 aromatic rings. The number of amides is 1. The van der Waals surface area contributed by atoms with Crippen LogP contribution >= 0.6 is 22.9 Å². The summed E-state index contributed by atoms with van der Waals surface area (Å²) in [6.45, 7) is 2.27. The summed E-state index contributed by atoms with van der Waals surface area (Å²) in [4.78, 5) is 23.6. The van der Waals surface area contributed by atoms with E-state index in [1.807, 2.05) is 38.2 Å². The van der Waals surface area contributed by atoms with Gasteiger partial charge < -0.3 is 0 Å². The minimum atomic E-state index is -0.201. The molecule has 0 aliphatic heterocycles. The van der Waals surface area contributed by atoms with Crippen LogP contribution < -0.4 is 4.90 Å². The summed E-state index contributed by atoms with van der Waals surface area (Å²) in [7, 11) is 1.82. The summed E-state index contributed by atoms with van der Waals surface area (Å²) in [6.07, 6.45) is 3.45. The lowest BCUT2D eigenvalue weighted by molar-refractivity contribution is 0.0979. The molecule has 1 aromatic carbocycles. The highest BCUT2D eigenvalue weighted by Crippen LogP contribution is 2.32. The minimum Gasteiger partial charge on any atom is -0.278 e. The van der Waals surface area contributed by atoms with Gasteiger partial charge in [-0.3, -0.25) is 19.4 Å². The van der Waals surface area contributed by atoms with E-state index >= 15 is 0 Å². The molecule has 6 nitrogen and oxygen atoms in total. The maximum absolute atomic E-state index is 13.2. The molecule has 0 saturated carbocycles. The Hall–Kier alpha value is -2.77. The number of fused-ring (bicyclic) bond motifs is 1. The summed E-state index contributed by atoms with van der Waals surface area (Å²) in [5.41, 5.74) is 3.02. The standard InChI is InChI=1S/C19H16ClN5OS/c1-12-8-16(23-24(12)2)18(26)25(11-13-4-3-7-21-10-13)19-22-15-6-5-14(20)9-17(15)27-19/h3-10H,11H2,1-2H3. The number of pyridine rings is 1. The Labute approximate surface area is 165 Å². The average Bonchev–Trinajstić information content (AvgIpc) is 3.23. The number of hydrogen-bond donors (Lipinski definition) is 0. The van der Waals surface area contributed by atoms with E-state index in [9.17, 15) is 4.79 Å². The highest BCUT2D eigenvalue weighted by Gasteiger charge is 2.24. The Kier molecular flexibility index (Phi) is 4.63. The molecule has 136 valence electrons. The number of benzene rings is 1. The molecular formula is C19H16ClN5OS. The minimum absolute atomic E-state index is 0.201. The van der Waals surface area contributed by atoms with Gasteiger partial charge in [0.1, 0.15) is 0 Å². The van der Waals surface area contributed by atoms with Crippen molar-refractivity contribution in [2.75, 3.05) is 4.90 Å². The third-order valence-corrected chi connectivity index (χ3v) is 5.49. The number of aromatic nitrogens is 4.